The van der Waals surface area contributed by atoms with Gasteiger partial charge in [-0.2, -0.15) is 13.2 Å². The molecule has 0 spiro atoms. The monoisotopic (exact) mass is 351 g/mol. The minimum atomic E-state index is -4.41. The number of anilines is 1. The molecule has 8 heteroatoms. The molecule has 1 aliphatic rings. The number of halogens is 4. The van der Waals surface area contributed by atoms with Crippen molar-refractivity contribution < 1.29 is 18.0 Å². The van der Waals surface area contributed by atoms with Crippen molar-refractivity contribution in [1.82, 2.24) is 10.2 Å². The van der Waals surface area contributed by atoms with Gasteiger partial charge in [0.15, 0.2) is 0 Å². The van der Waals surface area contributed by atoms with Crippen molar-refractivity contribution in [2.75, 3.05) is 31.5 Å². The predicted octanol–water partition coefficient (Wildman–Crippen LogP) is 2.75. The molecule has 0 unspecified atom stereocenters. The van der Waals surface area contributed by atoms with E-state index in [-0.39, 0.29) is 30.4 Å². The highest BCUT2D eigenvalue weighted by Gasteiger charge is 2.30. The van der Waals surface area contributed by atoms with E-state index in [0.29, 0.717) is 12.6 Å². The Bertz CT molecular complexity index is 525. The third-order valence-corrected chi connectivity index (χ3v) is 3.74. The second-order valence-corrected chi connectivity index (χ2v) is 5.47. The van der Waals surface area contributed by atoms with E-state index in [0.717, 1.165) is 31.8 Å². The van der Waals surface area contributed by atoms with E-state index in [2.05, 4.69) is 22.5 Å². The number of benzene rings is 1. The van der Waals surface area contributed by atoms with Gasteiger partial charge in [-0.1, -0.05) is 6.07 Å². The van der Waals surface area contributed by atoms with Crippen LogP contribution in [0.4, 0.5) is 18.9 Å². The van der Waals surface area contributed by atoms with Crippen LogP contribution in [0.3, 0.4) is 0 Å². The average molecular weight is 352 g/mol. The third kappa shape index (κ3) is 6.01. The Hall–Kier alpha value is -1.31. The van der Waals surface area contributed by atoms with Crippen LogP contribution >= 0.6 is 12.4 Å². The van der Waals surface area contributed by atoms with Gasteiger partial charge < -0.3 is 10.6 Å². The van der Waals surface area contributed by atoms with Crippen LogP contribution in [0.1, 0.15) is 18.9 Å². The summed E-state index contributed by atoms with van der Waals surface area (Å²) in [6.45, 7) is 5.33. The highest BCUT2D eigenvalue weighted by Crippen LogP contribution is 2.30. The summed E-state index contributed by atoms with van der Waals surface area (Å²) in [5.74, 6) is -0.273. The molecule has 1 aliphatic heterocycles. The largest absolute Gasteiger partial charge is 0.416 e. The first-order valence-corrected chi connectivity index (χ1v) is 7.28. The van der Waals surface area contributed by atoms with Crippen molar-refractivity contribution in [3.63, 3.8) is 0 Å². The van der Waals surface area contributed by atoms with Crippen LogP contribution < -0.4 is 10.6 Å². The first-order valence-electron chi connectivity index (χ1n) is 7.28. The fraction of sp³-hybridized carbons (Fsp3) is 0.533. The maximum absolute atomic E-state index is 12.6. The lowest BCUT2D eigenvalue weighted by molar-refractivity contribution is -0.137. The number of carbonyl (C=O) groups is 1. The van der Waals surface area contributed by atoms with Crippen molar-refractivity contribution in [3.8, 4) is 0 Å². The van der Waals surface area contributed by atoms with Crippen molar-refractivity contribution in [2.45, 2.75) is 25.6 Å². The molecule has 0 aromatic heterocycles. The van der Waals surface area contributed by atoms with E-state index < -0.39 is 11.7 Å². The van der Waals surface area contributed by atoms with Gasteiger partial charge in [0.1, 0.15) is 0 Å². The number of rotatable bonds is 4. The van der Waals surface area contributed by atoms with E-state index in [4.69, 9.17) is 0 Å². The van der Waals surface area contributed by atoms with Crippen molar-refractivity contribution in [3.05, 3.63) is 29.8 Å². The number of alkyl halides is 3. The Kier molecular flexibility index (Phi) is 7.31. The van der Waals surface area contributed by atoms with Gasteiger partial charge in [0.2, 0.25) is 5.91 Å². The molecule has 0 saturated carbocycles. The Morgan fingerprint density at radius 2 is 2.17 bits per heavy atom. The standard InChI is InChI=1S/C15H20F3N3O.ClH/c1-11-10-19-6-8-21(11)7-5-14(22)20-13-4-2-3-12(9-13)15(16,17)18;/h2-4,9,11,19H,5-8,10H2,1H3,(H,20,22);1H/t11-;/m1./s1. The molecular formula is C15H21ClF3N3O. The molecular weight excluding hydrogens is 331 g/mol. The van der Waals surface area contributed by atoms with Gasteiger partial charge in [-0.15, -0.1) is 12.4 Å². The summed E-state index contributed by atoms with van der Waals surface area (Å²) >= 11 is 0. The zero-order chi connectivity index (χ0) is 16.2. The fourth-order valence-electron chi connectivity index (χ4n) is 2.46. The van der Waals surface area contributed by atoms with E-state index in [1.165, 1.54) is 12.1 Å². The summed E-state index contributed by atoms with van der Waals surface area (Å²) in [5.41, 5.74) is -0.589. The summed E-state index contributed by atoms with van der Waals surface area (Å²) in [7, 11) is 0. The van der Waals surface area contributed by atoms with Crippen LogP contribution in [0, 0.1) is 0 Å². The molecule has 0 bridgehead atoms. The maximum Gasteiger partial charge on any atom is 0.416 e. The first-order chi connectivity index (χ1) is 10.4. The van der Waals surface area contributed by atoms with E-state index in [9.17, 15) is 18.0 Å². The summed E-state index contributed by atoms with van der Waals surface area (Å²) in [6.07, 6.45) is -4.14. The maximum atomic E-state index is 12.6. The van der Waals surface area contributed by atoms with Crippen LogP contribution in [0.15, 0.2) is 24.3 Å². The average Bonchev–Trinajstić information content (AvgIpc) is 2.46. The topological polar surface area (TPSA) is 44.4 Å². The Morgan fingerprint density at radius 3 is 2.83 bits per heavy atom. The smallest absolute Gasteiger partial charge is 0.326 e. The van der Waals surface area contributed by atoms with E-state index in [1.54, 1.807) is 0 Å². The lowest BCUT2D eigenvalue weighted by Gasteiger charge is -2.33. The molecule has 1 aromatic rings. The number of hydrogen-bond donors (Lipinski definition) is 2. The molecule has 1 saturated heterocycles. The Balaban J connectivity index is 0.00000264. The molecule has 0 radical (unpaired) electrons. The van der Waals surface area contributed by atoms with Gasteiger partial charge in [0.05, 0.1) is 5.56 Å². The third-order valence-electron chi connectivity index (χ3n) is 3.74. The van der Waals surface area contributed by atoms with Gasteiger partial charge in [-0.3, -0.25) is 9.69 Å². The number of nitrogens with one attached hydrogen (secondary N) is 2. The zero-order valence-electron chi connectivity index (χ0n) is 12.8. The van der Waals surface area contributed by atoms with Gasteiger partial charge in [-0.25, -0.2) is 0 Å². The minimum absolute atomic E-state index is 0. The lowest BCUT2D eigenvalue weighted by Crippen LogP contribution is -2.50. The molecule has 1 fully saturated rings. The molecule has 1 aromatic carbocycles. The van der Waals surface area contributed by atoms with Crippen molar-refractivity contribution in [2.24, 2.45) is 0 Å². The Labute approximate surface area is 139 Å². The zero-order valence-corrected chi connectivity index (χ0v) is 13.6. The van der Waals surface area contributed by atoms with Crippen LogP contribution in [-0.4, -0.2) is 43.0 Å². The number of hydrogen-bond acceptors (Lipinski definition) is 3. The molecule has 1 amide bonds. The lowest BCUT2D eigenvalue weighted by atomic mass is 10.2. The summed E-state index contributed by atoms with van der Waals surface area (Å²) in [5, 5.41) is 5.79. The molecule has 130 valence electrons. The van der Waals surface area contributed by atoms with Gasteiger partial charge >= 0.3 is 6.18 Å². The molecule has 4 nitrogen and oxygen atoms in total. The van der Waals surface area contributed by atoms with Crippen LogP contribution in [-0.2, 0) is 11.0 Å². The van der Waals surface area contributed by atoms with E-state index in [1.807, 2.05) is 0 Å². The summed E-state index contributed by atoms with van der Waals surface area (Å²) in [4.78, 5) is 14.1. The normalized spacial score (nSPS) is 19.0. The van der Waals surface area contributed by atoms with Gasteiger partial charge in [0, 0.05) is 44.3 Å². The quantitative estimate of drug-likeness (QED) is 0.876. The number of carbonyl (C=O) groups excluding carboxylic acids is 1. The highest BCUT2D eigenvalue weighted by atomic mass is 35.5. The second-order valence-electron chi connectivity index (χ2n) is 5.47. The molecule has 2 N–H and O–H groups in total. The van der Waals surface area contributed by atoms with Crippen LogP contribution in [0.5, 0.6) is 0 Å². The minimum Gasteiger partial charge on any atom is -0.326 e. The fourth-order valence-corrected chi connectivity index (χ4v) is 2.46. The van der Waals surface area contributed by atoms with Gasteiger partial charge in [0.25, 0.3) is 0 Å². The van der Waals surface area contributed by atoms with Crippen molar-refractivity contribution >= 4 is 24.0 Å². The molecule has 23 heavy (non-hydrogen) atoms. The Morgan fingerprint density at radius 1 is 1.43 bits per heavy atom. The highest BCUT2D eigenvalue weighted by molar-refractivity contribution is 5.90. The van der Waals surface area contributed by atoms with E-state index >= 15 is 0 Å². The first kappa shape index (κ1) is 19.7. The van der Waals surface area contributed by atoms with Crippen LogP contribution in [0.2, 0.25) is 0 Å². The number of piperazine rings is 1. The molecule has 0 aliphatic carbocycles. The number of nitrogens with zero attached hydrogens (tertiary/aromatic N) is 1. The molecule has 1 heterocycles. The van der Waals surface area contributed by atoms with Gasteiger partial charge in [-0.05, 0) is 25.1 Å². The summed E-state index contributed by atoms with van der Waals surface area (Å²) in [6, 6.07) is 5.04. The SMILES string of the molecule is C[C@@H]1CNCCN1CCC(=O)Nc1cccc(C(F)(F)F)c1.Cl. The number of amides is 1. The molecule has 2 rings (SSSR count). The second kappa shape index (κ2) is 8.52. The summed E-state index contributed by atoms with van der Waals surface area (Å²) < 4.78 is 37.8. The predicted molar refractivity (Wildman–Crippen MR) is 85.8 cm³/mol. The molecule has 1 atom stereocenters. The van der Waals surface area contributed by atoms with Crippen molar-refractivity contribution in [1.29, 1.82) is 0 Å². The van der Waals surface area contributed by atoms with Crippen LogP contribution in [0.25, 0.3) is 0 Å².